The highest BCUT2D eigenvalue weighted by molar-refractivity contribution is 5.58. The van der Waals surface area contributed by atoms with Crippen molar-refractivity contribution in [1.82, 2.24) is 9.97 Å². The molecule has 21 heavy (non-hydrogen) atoms. The number of benzene rings is 1. The third kappa shape index (κ3) is 3.05. The zero-order valence-electron chi connectivity index (χ0n) is 12.5. The Hall–Kier alpha value is -1.94. The normalized spacial score (nSPS) is 18.5. The molecule has 0 unspecified atom stereocenters. The van der Waals surface area contributed by atoms with Gasteiger partial charge in [-0.3, -0.25) is 0 Å². The first kappa shape index (κ1) is 14.0. The Morgan fingerprint density at radius 1 is 1.19 bits per heavy atom. The molecule has 1 aromatic carbocycles. The van der Waals surface area contributed by atoms with Gasteiger partial charge in [-0.15, -0.1) is 0 Å². The van der Waals surface area contributed by atoms with Crippen molar-refractivity contribution in [3.05, 3.63) is 42.1 Å². The second-order valence-electron chi connectivity index (χ2n) is 5.90. The molecule has 1 aliphatic heterocycles. The molecule has 1 aliphatic rings. The summed E-state index contributed by atoms with van der Waals surface area (Å²) >= 11 is 0. The molecule has 1 atom stereocenters. The summed E-state index contributed by atoms with van der Waals surface area (Å²) < 4.78 is 0. The van der Waals surface area contributed by atoms with Crippen molar-refractivity contribution in [2.24, 2.45) is 0 Å². The lowest BCUT2D eigenvalue weighted by molar-refractivity contribution is 0.198. The number of nitrogens with zero attached hydrogens (tertiary/aromatic N) is 3. The molecule has 4 heteroatoms. The van der Waals surface area contributed by atoms with Crippen LogP contribution >= 0.6 is 0 Å². The zero-order valence-corrected chi connectivity index (χ0v) is 12.5. The number of aliphatic hydroxyl groups is 1. The van der Waals surface area contributed by atoms with E-state index in [1.54, 1.807) is 6.20 Å². The summed E-state index contributed by atoms with van der Waals surface area (Å²) in [6, 6.07) is 10.3. The van der Waals surface area contributed by atoms with Crippen LogP contribution in [0.4, 0.5) is 5.82 Å². The van der Waals surface area contributed by atoms with E-state index in [-0.39, 0.29) is 6.10 Å². The van der Waals surface area contributed by atoms with E-state index >= 15 is 0 Å². The van der Waals surface area contributed by atoms with Gasteiger partial charge in [0.25, 0.3) is 0 Å². The van der Waals surface area contributed by atoms with E-state index in [0.29, 0.717) is 12.5 Å². The average molecular weight is 283 g/mol. The molecule has 1 fully saturated rings. The van der Waals surface area contributed by atoms with Crippen LogP contribution in [0.5, 0.6) is 0 Å². The van der Waals surface area contributed by atoms with Crippen molar-refractivity contribution in [2.75, 3.05) is 18.0 Å². The number of anilines is 1. The highest BCUT2D eigenvalue weighted by Gasteiger charge is 2.21. The van der Waals surface area contributed by atoms with E-state index in [9.17, 15) is 5.11 Å². The quantitative estimate of drug-likeness (QED) is 0.941. The molecule has 0 spiro atoms. The van der Waals surface area contributed by atoms with Crippen molar-refractivity contribution in [2.45, 2.75) is 32.3 Å². The fraction of sp³-hybridized carbons (Fsp3) is 0.412. The van der Waals surface area contributed by atoms with Crippen LogP contribution in [-0.2, 0) is 0 Å². The molecule has 4 nitrogen and oxygen atoms in total. The van der Waals surface area contributed by atoms with Gasteiger partial charge in [0.15, 0.2) is 5.82 Å². The van der Waals surface area contributed by atoms with E-state index in [4.69, 9.17) is 0 Å². The zero-order chi connectivity index (χ0) is 14.8. The molecule has 1 saturated heterocycles. The van der Waals surface area contributed by atoms with Crippen molar-refractivity contribution in [3.8, 4) is 11.4 Å². The van der Waals surface area contributed by atoms with Gasteiger partial charge in [0.2, 0.25) is 0 Å². The Labute approximate surface area is 125 Å². The fourth-order valence-corrected chi connectivity index (χ4v) is 2.63. The minimum absolute atomic E-state index is 0.242. The molecule has 110 valence electrons. The smallest absolute Gasteiger partial charge is 0.161 e. The number of β-amino-alcohol motifs (C(OH)–C–C–N with tert-alkyl or cyclic N) is 1. The van der Waals surface area contributed by atoms with Crippen molar-refractivity contribution in [3.63, 3.8) is 0 Å². The Morgan fingerprint density at radius 2 is 1.95 bits per heavy atom. The lowest BCUT2D eigenvalue weighted by atomic mass is 10.0. The number of hydrogen-bond donors (Lipinski definition) is 1. The van der Waals surface area contributed by atoms with Crippen LogP contribution in [0.2, 0.25) is 0 Å². The summed E-state index contributed by atoms with van der Waals surface area (Å²) in [6.45, 7) is 5.88. The molecule has 2 aromatic rings. The second-order valence-corrected chi connectivity index (χ2v) is 5.90. The lowest BCUT2D eigenvalue weighted by Gasteiger charge is -2.16. The first-order valence-corrected chi connectivity index (χ1v) is 7.50. The topological polar surface area (TPSA) is 49.2 Å². The summed E-state index contributed by atoms with van der Waals surface area (Å²) in [5, 5.41) is 9.64. The van der Waals surface area contributed by atoms with E-state index in [2.05, 4.69) is 53.0 Å². The van der Waals surface area contributed by atoms with Gasteiger partial charge < -0.3 is 10.0 Å². The van der Waals surface area contributed by atoms with E-state index in [0.717, 1.165) is 30.2 Å². The molecular weight excluding hydrogens is 262 g/mol. The maximum atomic E-state index is 9.64. The first-order chi connectivity index (χ1) is 10.1. The van der Waals surface area contributed by atoms with Crippen molar-refractivity contribution >= 4 is 5.82 Å². The summed E-state index contributed by atoms with van der Waals surface area (Å²) in [7, 11) is 0. The van der Waals surface area contributed by atoms with Gasteiger partial charge in [-0.25, -0.2) is 9.97 Å². The van der Waals surface area contributed by atoms with Crippen LogP contribution in [0.1, 0.15) is 31.7 Å². The van der Waals surface area contributed by atoms with Gasteiger partial charge in [-0.1, -0.05) is 38.1 Å². The van der Waals surface area contributed by atoms with Gasteiger partial charge >= 0.3 is 0 Å². The van der Waals surface area contributed by atoms with Crippen LogP contribution in [0.15, 0.2) is 36.5 Å². The number of hydrogen-bond acceptors (Lipinski definition) is 4. The van der Waals surface area contributed by atoms with E-state index in [1.165, 1.54) is 5.56 Å². The van der Waals surface area contributed by atoms with Gasteiger partial charge in [-0.05, 0) is 24.0 Å². The molecule has 2 heterocycles. The number of rotatable bonds is 3. The van der Waals surface area contributed by atoms with Gasteiger partial charge in [0, 0.05) is 24.8 Å². The number of aromatic nitrogens is 2. The molecule has 1 N–H and O–H groups in total. The van der Waals surface area contributed by atoms with Crippen molar-refractivity contribution in [1.29, 1.82) is 0 Å². The van der Waals surface area contributed by atoms with E-state index in [1.807, 2.05) is 6.07 Å². The van der Waals surface area contributed by atoms with Gasteiger partial charge in [0.1, 0.15) is 5.82 Å². The molecule has 0 bridgehead atoms. The Morgan fingerprint density at radius 3 is 2.57 bits per heavy atom. The van der Waals surface area contributed by atoms with Crippen LogP contribution in [-0.4, -0.2) is 34.3 Å². The molecule has 3 rings (SSSR count). The summed E-state index contributed by atoms with van der Waals surface area (Å²) in [5.74, 6) is 2.16. The van der Waals surface area contributed by atoms with E-state index < -0.39 is 0 Å². The number of aliphatic hydroxyl groups excluding tert-OH is 1. The molecule has 0 saturated carbocycles. The van der Waals surface area contributed by atoms with Crippen LogP contribution in [0, 0.1) is 0 Å². The highest BCUT2D eigenvalue weighted by atomic mass is 16.3. The lowest BCUT2D eigenvalue weighted by Crippen LogP contribution is -2.22. The first-order valence-electron chi connectivity index (χ1n) is 7.50. The fourth-order valence-electron chi connectivity index (χ4n) is 2.63. The van der Waals surface area contributed by atoms with Crippen LogP contribution < -0.4 is 4.90 Å². The maximum absolute atomic E-state index is 9.64. The SMILES string of the molecule is CC(C)c1ccc(-c2nccc(N3CC[C@H](O)C3)n2)cc1. The van der Waals surface area contributed by atoms with Crippen LogP contribution in [0.25, 0.3) is 11.4 Å². The predicted octanol–water partition coefficient (Wildman–Crippen LogP) is 2.84. The minimum Gasteiger partial charge on any atom is -0.391 e. The van der Waals surface area contributed by atoms with Crippen LogP contribution in [0.3, 0.4) is 0 Å². The largest absolute Gasteiger partial charge is 0.391 e. The van der Waals surface area contributed by atoms with Crippen molar-refractivity contribution < 1.29 is 5.11 Å². The summed E-state index contributed by atoms with van der Waals surface area (Å²) in [6.07, 6.45) is 2.36. The standard InChI is InChI=1S/C17H21N3O/c1-12(2)13-3-5-14(6-4-13)17-18-9-7-16(19-17)20-10-8-15(21)11-20/h3-7,9,12,15,21H,8,10-11H2,1-2H3/t15-/m0/s1. The Bertz CT molecular complexity index is 610. The average Bonchev–Trinajstić information content (AvgIpc) is 2.94. The molecule has 0 amide bonds. The Kier molecular flexibility index (Phi) is 3.88. The third-order valence-electron chi connectivity index (χ3n) is 3.96. The molecule has 0 aliphatic carbocycles. The summed E-state index contributed by atoms with van der Waals surface area (Å²) in [5.41, 5.74) is 2.35. The predicted molar refractivity (Wildman–Crippen MR) is 84.4 cm³/mol. The monoisotopic (exact) mass is 283 g/mol. The molecule has 1 aromatic heterocycles. The highest BCUT2D eigenvalue weighted by Crippen LogP contribution is 2.23. The molecule has 0 radical (unpaired) electrons. The van der Waals surface area contributed by atoms with Gasteiger partial charge in [-0.2, -0.15) is 0 Å². The summed E-state index contributed by atoms with van der Waals surface area (Å²) in [4.78, 5) is 11.1. The second kappa shape index (κ2) is 5.82. The molecular formula is C17H21N3O. The van der Waals surface area contributed by atoms with Gasteiger partial charge in [0.05, 0.1) is 6.10 Å². The maximum Gasteiger partial charge on any atom is 0.161 e. The Balaban J connectivity index is 1.85. The minimum atomic E-state index is -0.242. The third-order valence-corrected chi connectivity index (χ3v) is 3.96.